The highest BCUT2D eigenvalue weighted by molar-refractivity contribution is 6.31. The topological polar surface area (TPSA) is 50.9 Å². The van der Waals surface area contributed by atoms with Crippen molar-refractivity contribution in [2.24, 2.45) is 5.73 Å². The summed E-state index contributed by atoms with van der Waals surface area (Å²) >= 11 is 6.04. The van der Waals surface area contributed by atoms with Gasteiger partial charge >= 0.3 is 6.18 Å². The van der Waals surface area contributed by atoms with E-state index < -0.39 is 23.3 Å². The number of rotatable bonds is 5. The van der Waals surface area contributed by atoms with Gasteiger partial charge in [-0.05, 0) is 49.2 Å². The Balaban J connectivity index is 1.82. The van der Waals surface area contributed by atoms with Gasteiger partial charge in [-0.15, -0.1) is 0 Å². The molecule has 0 saturated heterocycles. The average molecular weight is 408 g/mol. The molecule has 0 spiro atoms. The lowest BCUT2D eigenvalue weighted by molar-refractivity contribution is -0.137. The number of hydrogen-bond acceptors (Lipinski definition) is 3. The summed E-state index contributed by atoms with van der Waals surface area (Å²) in [5, 5.41) is 4.78. The minimum absolute atomic E-state index is 0.263. The molecule has 0 aliphatic heterocycles. The van der Waals surface area contributed by atoms with Crippen LogP contribution >= 0.6 is 11.6 Å². The highest BCUT2D eigenvalue weighted by Gasteiger charge is 2.31. The summed E-state index contributed by atoms with van der Waals surface area (Å²) in [4.78, 5) is 4.33. The molecule has 1 aromatic heterocycles. The number of fused-ring (bicyclic) bond motifs is 1. The average Bonchev–Trinajstić information content (AvgIpc) is 2.64. The zero-order valence-corrected chi connectivity index (χ0v) is 16.3. The van der Waals surface area contributed by atoms with Gasteiger partial charge < -0.3 is 11.1 Å². The number of pyridine rings is 1. The third-order valence-electron chi connectivity index (χ3n) is 4.85. The maximum absolute atomic E-state index is 12.9. The van der Waals surface area contributed by atoms with Crippen LogP contribution in [0.15, 0.2) is 54.7 Å². The lowest BCUT2D eigenvalue weighted by Gasteiger charge is -2.34. The van der Waals surface area contributed by atoms with Crippen molar-refractivity contribution in [2.45, 2.75) is 38.1 Å². The Morgan fingerprint density at radius 1 is 1.11 bits per heavy atom. The number of nitrogens with zero attached hydrogens (tertiary/aromatic N) is 1. The van der Waals surface area contributed by atoms with Crippen LogP contribution < -0.4 is 11.1 Å². The van der Waals surface area contributed by atoms with E-state index in [1.807, 2.05) is 26.0 Å². The molecular formula is C21H21ClF3N3. The molecule has 3 nitrogen and oxygen atoms in total. The van der Waals surface area contributed by atoms with E-state index in [4.69, 9.17) is 17.3 Å². The first-order valence-electron chi connectivity index (χ1n) is 8.79. The number of benzene rings is 2. The van der Waals surface area contributed by atoms with E-state index in [1.54, 1.807) is 24.4 Å². The fourth-order valence-corrected chi connectivity index (χ4v) is 3.27. The predicted molar refractivity (Wildman–Crippen MR) is 106 cm³/mol. The third-order valence-corrected chi connectivity index (χ3v) is 5.09. The molecule has 0 aliphatic rings. The van der Waals surface area contributed by atoms with Gasteiger partial charge in [0, 0.05) is 34.7 Å². The van der Waals surface area contributed by atoms with Crippen LogP contribution in [0.5, 0.6) is 0 Å². The van der Waals surface area contributed by atoms with Crippen molar-refractivity contribution in [1.82, 2.24) is 10.3 Å². The smallest absolute Gasteiger partial charge is 0.322 e. The van der Waals surface area contributed by atoms with Crippen LogP contribution in [0.4, 0.5) is 13.2 Å². The van der Waals surface area contributed by atoms with E-state index in [0.29, 0.717) is 10.6 Å². The van der Waals surface area contributed by atoms with Crippen LogP contribution in [0, 0.1) is 0 Å². The molecular weight excluding hydrogens is 387 g/mol. The van der Waals surface area contributed by atoms with Crippen molar-refractivity contribution >= 4 is 22.5 Å². The molecule has 1 heterocycles. The number of nitrogens with two attached hydrogens (primary N) is 1. The minimum atomic E-state index is -4.36. The fraction of sp³-hybridized carbons (Fsp3) is 0.286. The van der Waals surface area contributed by atoms with E-state index in [0.717, 1.165) is 28.6 Å². The lowest BCUT2D eigenvalue weighted by atomic mass is 9.87. The van der Waals surface area contributed by atoms with Gasteiger partial charge in [0.25, 0.3) is 0 Å². The van der Waals surface area contributed by atoms with Gasteiger partial charge in [-0.25, -0.2) is 0 Å². The molecule has 1 atom stereocenters. The molecule has 0 bridgehead atoms. The largest absolute Gasteiger partial charge is 0.416 e. The van der Waals surface area contributed by atoms with Crippen LogP contribution in [-0.4, -0.2) is 10.5 Å². The second-order valence-electron chi connectivity index (χ2n) is 7.31. The van der Waals surface area contributed by atoms with Crippen LogP contribution in [0.3, 0.4) is 0 Å². The molecule has 3 aromatic rings. The molecule has 28 heavy (non-hydrogen) atoms. The molecule has 2 aromatic carbocycles. The normalized spacial score (nSPS) is 13.7. The van der Waals surface area contributed by atoms with Crippen molar-refractivity contribution in [3.63, 3.8) is 0 Å². The van der Waals surface area contributed by atoms with Crippen LogP contribution in [-0.2, 0) is 12.7 Å². The van der Waals surface area contributed by atoms with Gasteiger partial charge in [-0.3, -0.25) is 4.98 Å². The van der Waals surface area contributed by atoms with Crippen LogP contribution in [0.1, 0.15) is 36.6 Å². The Morgan fingerprint density at radius 2 is 1.86 bits per heavy atom. The van der Waals surface area contributed by atoms with Crippen molar-refractivity contribution in [2.75, 3.05) is 0 Å². The first-order valence-corrected chi connectivity index (χ1v) is 9.16. The molecule has 0 aliphatic carbocycles. The highest BCUT2D eigenvalue weighted by Crippen LogP contribution is 2.31. The second-order valence-corrected chi connectivity index (χ2v) is 7.75. The summed E-state index contributed by atoms with van der Waals surface area (Å²) in [5.41, 5.74) is 7.47. The maximum atomic E-state index is 12.9. The molecule has 0 radical (unpaired) electrons. The summed E-state index contributed by atoms with van der Waals surface area (Å²) in [6.45, 7) is 4.11. The van der Waals surface area contributed by atoms with Gasteiger partial charge in [0.05, 0.1) is 11.1 Å². The van der Waals surface area contributed by atoms with Gasteiger partial charge in [0.1, 0.15) is 0 Å². The summed E-state index contributed by atoms with van der Waals surface area (Å²) in [7, 11) is 0. The summed E-state index contributed by atoms with van der Waals surface area (Å²) in [6, 6.07) is 12.2. The summed E-state index contributed by atoms with van der Waals surface area (Å²) < 4.78 is 38.7. The SMILES string of the molecule is CC(C)(NCc1cccc(C(F)(F)F)c1)C(N)c1ccnc2cc(Cl)ccc12. The van der Waals surface area contributed by atoms with Crippen molar-refractivity contribution < 1.29 is 13.2 Å². The van der Waals surface area contributed by atoms with Crippen molar-refractivity contribution in [3.8, 4) is 0 Å². The number of alkyl halides is 3. The molecule has 0 amide bonds. The molecule has 148 valence electrons. The second kappa shape index (κ2) is 7.70. The van der Waals surface area contributed by atoms with Gasteiger partial charge in [-0.1, -0.05) is 35.9 Å². The van der Waals surface area contributed by atoms with E-state index in [1.165, 1.54) is 6.07 Å². The van der Waals surface area contributed by atoms with Crippen molar-refractivity contribution in [3.05, 3.63) is 76.4 Å². The molecule has 3 rings (SSSR count). The Kier molecular flexibility index (Phi) is 5.66. The highest BCUT2D eigenvalue weighted by atomic mass is 35.5. The van der Waals surface area contributed by atoms with Crippen LogP contribution in [0.25, 0.3) is 10.9 Å². The summed E-state index contributed by atoms with van der Waals surface area (Å²) in [6.07, 6.45) is -2.68. The van der Waals surface area contributed by atoms with E-state index >= 15 is 0 Å². The van der Waals surface area contributed by atoms with Gasteiger partial charge in [0.2, 0.25) is 0 Å². The van der Waals surface area contributed by atoms with Gasteiger partial charge in [-0.2, -0.15) is 13.2 Å². The minimum Gasteiger partial charge on any atom is -0.322 e. The zero-order valence-electron chi connectivity index (χ0n) is 15.5. The molecule has 0 saturated carbocycles. The monoisotopic (exact) mass is 407 g/mol. The summed E-state index contributed by atoms with van der Waals surface area (Å²) in [5.74, 6) is 0. The Labute approximate surface area is 166 Å². The molecule has 7 heteroatoms. The first kappa shape index (κ1) is 20.6. The predicted octanol–water partition coefficient (Wildman–Crippen LogP) is 5.48. The van der Waals surface area contributed by atoms with E-state index in [2.05, 4.69) is 10.3 Å². The zero-order chi connectivity index (χ0) is 20.5. The lowest BCUT2D eigenvalue weighted by Crippen LogP contribution is -2.48. The van der Waals surface area contributed by atoms with Crippen molar-refractivity contribution in [1.29, 1.82) is 0 Å². The van der Waals surface area contributed by atoms with E-state index in [-0.39, 0.29) is 6.54 Å². The molecule has 1 unspecified atom stereocenters. The fourth-order valence-electron chi connectivity index (χ4n) is 3.10. The Morgan fingerprint density at radius 3 is 2.57 bits per heavy atom. The van der Waals surface area contributed by atoms with E-state index in [9.17, 15) is 13.2 Å². The molecule has 3 N–H and O–H groups in total. The van der Waals surface area contributed by atoms with Crippen LogP contribution in [0.2, 0.25) is 5.02 Å². The Bertz CT molecular complexity index is 986. The molecule has 0 fully saturated rings. The first-order chi connectivity index (χ1) is 13.1. The quantitative estimate of drug-likeness (QED) is 0.589. The standard InChI is InChI=1S/C21H21ClF3N3/c1-20(2,28-12-13-4-3-5-14(10-13)21(23,24)25)19(26)17-8-9-27-18-11-15(22)6-7-16(17)18/h3-11,19,28H,12,26H2,1-2H3. The Hall–Kier alpha value is -2.15. The van der Waals surface area contributed by atoms with Gasteiger partial charge in [0.15, 0.2) is 0 Å². The number of hydrogen-bond donors (Lipinski definition) is 2. The third kappa shape index (κ3) is 4.46. The number of nitrogens with one attached hydrogen (secondary N) is 1. The maximum Gasteiger partial charge on any atom is 0.416 e. The number of aromatic nitrogens is 1. The number of halogens is 4.